The van der Waals surface area contributed by atoms with E-state index >= 15 is 0 Å². The lowest BCUT2D eigenvalue weighted by molar-refractivity contribution is 0.596. The van der Waals surface area contributed by atoms with E-state index in [-0.39, 0.29) is 0 Å². The zero-order valence-corrected chi connectivity index (χ0v) is 10.7. The van der Waals surface area contributed by atoms with Gasteiger partial charge in [-0.3, -0.25) is 0 Å². The van der Waals surface area contributed by atoms with Crippen molar-refractivity contribution in [2.45, 2.75) is 18.9 Å². The van der Waals surface area contributed by atoms with E-state index in [2.05, 4.69) is 10.6 Å². The molecule has 0 radical (unpaired) electrons. The van der Waals surface area contributed by atoms with Crippen molar-refractivity contribution in [3.05, 3.63) is 30.3 Å². The largest absolute Gasteiger partial charge is 0.359 e. The molecular formula is C12H16N2S2. The summed E-state index contributed by atoms with van der Waals surface area (Å²) in [6.45, 7) is 0. The minimum absolute atomic E-state index is 0.530. The molecule has 1 atom stereocenters. The van der Waals surface area contributed by atoms with E-state index in [4.69, 9.17) is 12.2 Å². The maximum atomic E-state index is 5.29. The van der Waals surface area contributed by atoms with Gasteiger partial charge in [0.25, 0.3) is 0 Å². The Morgan fingerprint density at radius 3 is 2.81 bits per heavy atom. The molecule has 1 aromatic rings. The van der Waals surface area contributed by atoms with Gasteiger partial charge in [-0.05, 0) is 42.9 Å². The van der Waals surface area contributed by atoms with E-state index in [0.29, 0.717) is 6.04 Å². The lowest BCUT2D eigenvalue weighted by atomic mass is 10.2. The third-order valence-corrected chi connectivity index (χ3v) is 3.96. The predicted octanol–water partition coefficient (Wildman–Crippen LogP) is 2.87. The fraction of sp³-hybridized carbons (Fsp3) is 0.417. The van der Waals surface area contributed by atoms with Crippen molar-refractivity contribution >= 4 is 34.8 Å². The molecule has 0 amide bonds. The molecular weight excluding hydrogens is 236 g/mol. The Morgan fingerprint density at radius 2 is 2.12 bits per heavy atom. The number of thioether (sulfide) groups is 1. The van der Waals surface area contributed by atoms with Crippen LogP contribution < -0.4 is 10.6 Å². The maximum absolute atomic E-state index is 5.29. The zero-order chi connectivity index (χ0) is 11.2. The van der Waals surface area contributed by atoms with E-state index in [9.17, 15) is 0 Å². The van der Waals surface area contributed by atoms with Gasteiger partial charge in [-0.1, -0.05) is 18.2 Å². The van der Waals surface area contributed by atoms with Gasteiger partial charge in [0.2, 0.25) is 0 Å². The Balaban J connectivity index is 1.80. The Bertz CT molecular complexity index is 334. The molecule has 1 aliphatic heterocycles. The number of hydrogen-bond donors (Lipinski definition) is 2. The highest BCUT2D eigenvalue weighted by Gasteiger charge is 2.14. The van der Waals surface area contributed by atoms with Crippen molar-refractivity contribution < 1.29 is 0 Å². The van der Waals surface area contributed by atoms with Crippen LogP contribution in [0.4, 0.5) is 5.69 Å². The molecule has 2 N–H and O–H groups in total. The van der Waals surface area contributed by atoms with Gasteiger partial charge < -0.3 is 10.6 Å². The molecule has 0 bridgehead atoms. The van der Waals surface area contributed by atoms with Gasteiger partial charge >= 0.3 is 0 Å². The SMILES string of the molecule is S=C(Nc1ccccc1)NC1CCCSC1. The molecule has 1 fully saturated rings. The van der Waals surface area contributed by atoms with Crippen LogP contribution in [0.15, 0.2) is 30.3 Å². The Morgan fingerprint density at radius 1 is 1.31 bits per heavy atom. The molecule has 0 saturated carbocycles. The molecule has 0 aliphatic carbocycles. The average Bonchev–Trinajstić information content (AvgIpc) is 2.31. The van der Waals surface area contributed by atoms with Gasteiger partial charge in [-0.15, -0.1) is 0 Å². The molecule has 2 rings (SSSR count). The fourth-order valence-electron chi connectivity index (χ4n) is 1.73. The van der Waals surface area contributed by atoms with Crippen LogP contribution in [0.5, 0.6) is 0 Å². The molecule has 0 spiro atoms. The van der Waals surface area contributed by atoms with E-state index < -0.39 is 0 Å². The highest BCUT2D eigenvalue weighted by molar-refractivity contribution is 7.99. The van der Waals surface area contributed by atoms with Gasteiger partial charge in [0.05, 0.1) is 0 Å². The highest BCUT2D eigenvalue weighted by atomic mass is 32.2. The molecule has 2 nitrogen and oxygen atoms in total. The summed E-state index contributed by atoms with van der Waals surface area (Å²) in [6.07, 6.45) is 2.51. The molecule has 1 aliphatic rings. The Labute approximate surface area is 106 Å². The van der Waals surface area contributed by atoms with Crippen molar-refractivity contribution in [1.29, 1.82) is 0 Å². The molecule has 1 saturated heterocycles. The summed E-state index contributed by atoms with van der Waals surface area (Å²) in [6, 6.07) is 10.6. The standard InChI is InChI=1S/C12H16N2S2/c15-12(13-10-5-2-1-3-6-10)14-11-7-4-8-16-9-11/h1-3,5-6,11H,4,7-9H2,(H2,13,14,15). The third-order valence-electron chi connectivity index (χ3n) is 2.53. The molecule has 4 heteroatoms. The topological polar surface area (TPSA) is 24.1 Å². The second-order valence-electron chi connectivity index (χ2n) is 3.88. The highest BCUT2D eigenvalue weighted by Crippen LogP contribution is 2.17. The predicted molar refractivity (Wildman–Crippen MR) is 76.1 cm³/mol. The lowest BCUT2D eigenvalue weighted by Crippen LogP contribution is -2.40. The van der Waals surface area contributed by atoms with Crippen molar-refractivity contribution in [3.63, 3.8) is 0 Å². The smallest absolute Gasteiger partial charge is 0.171 e. The fourth-order valence-corrected chi connectivity index (χ4v) is 3.09. The van der Waals surface area contributed by atoms with E-state index in [1.54, 1.807) is 0 Å². The van der Waals surface area contributed by atoms with Crippen LogP contribution in [-0.2, 0) is 0 Å². The van der Waals surface area contributed by atoms with Crippen LogP contribution in [0.2, 0.25) is 0 Å². The summed E-state index contributed by atoms with van der Waals surface area (Å²) in [5.41, 5.74) is 1.04. The van der Waals surface area contributed by atoms with Crippen LogP contribution >= 0.6 is 24.0 Å². The number of thiocarbonyl (C=S) groups is 1. The van der Waals surface area contributed by atoms with E-state index in [1.807, 2.05) is 42.1 Å². The van der Waals surface area contributed by atoms with Gasteiger partial charge in [-0.25, -0.2) is 0 Å². The number of hydrogen-bond acceptors (Lipinski definition) is 2. The first-order valence-corrected chi connectivity index (χ1v) is 7.11. The number of rotatable bonds is 2. The molecule has 1 heterocycles. The van der Waals surface area contributed by atoms with Crippen molar-refractivity contribution in [3.8, 4) is 0 Å². The van der Waals surface area contributed by atoms with E-state index in [0.717, 1.165) is 16.6 Å². The van der Waals surface area contributed by atoms with Crippen LogP contribution in [0.25, 0.3) is 0 Å². The first-order valence-electron chi connectivity index (χ1n) is 5.55. The second-order valence-corrected chi connectivity index (χ2v) is 5.44. The van der Waals surface area contributed by atoms with Crippen LogP contribution in [0, 0.1) is 0 Å². The monoisotopic (exact) mass is 252 g/mol. The molecule has 1 aromatic carbocycles. The van der Waals surface area contributed by atoms with Crippen LogP contribution in [0.3, 0.4) is 0 Å². The summed E-state index contributed by atoms with van der Waals surface area (Å²) in [7, 11) is 0. The third kappa shape index (κ3) is 3.68. The zero-order valence-electron chi connectivity index (χ0n) is 9.11. The minimum Gasteiger partial charge on any atom is -0.359 e. The summed E-state index contributed by atoms with van der Waals surface area (Å²) < 4.78 is 0. The first kappa shape index (κ1) is 11.7. The van der Waals surface area contributed by atoms with Gasteiger partial charge in [0.15, 0.2) is 5.11 Å². The Kier molecular flexibility index (Phi) is 4.48. The quantitative estimate of drug-likeness (QED) is 0.790. The summed E-state index contributed by atoms with van der Waals surface area (Å²) in [5, 5.41) is 7.30. The van der Waals surface area contributed by atoms with Gasteiger partial charge in [0, 0.05) is 17.5 Å². The van der Waals surface area contributed by atoms with E-state index in [1.165, 1.54) is 18.6 Å². The van der Waals surface area contributed by atoms with Crippen LogP contribution in [0.1, 0.15) is 12.8 Å². The molecule has 0 aromatic heterocycles. The molecule has 1 unspecified atom stereocenters. The number of para-hydroxylation sites is 1. The van der Waals surface area contributed by atoms with Crippen molar-refractivity contribution in [2.24, 2.45) is 0 Å². The van der Waals surface area contributed by atoms with Crippen molar-refractivity contribution in [2.75, 3.05) is 16.8 Å². The van der Waals surface area contributed by atoms with Gasteiger partial charge in [-0.2, -0.15) is 11.8 Å². The number of anilines is 1. The minimum atomic E-state index is 0.530. The lowest BCUT2D eigenvalue weighted by Gasteiger charge is -2.24. The number of nitrogens with one attached hydrogen (secondary N) is 2. The summed E-state index contributed by atoms with van der Waals surface area (Å²) in [5.74, 6) is 2.45. The first-order chi connectivity index (χ1) is 7.84. The summed E-state index contributed by atoms with van der Waals surface area (Å²) >= 11 is 7.29. The molecule has 86 valence electrons. The second kappa shape index (κ2) is 6.11. The Hall–Kier alpha value is -0.740. The average molecular weight is 252 g/mol. The normalized spacial score (nSPS) is 20.1. The summed E-state index contributed by atoms with van der Waals surface area (Å²) in [4.78, 5) is 0. The van der Waals surface area contributed by atoms with Crippen LogP contribution in [-0.4, -0.2) is 22.7 Å². The maximum Gasteiger partial charge on any atom is 0.171 e. The van der Waals surface area contributed by atoms with Gasteiger partial charge in [0.1, 0.15) is 0 Å². The number of benzene rings is 1. The molecule has 16 heavy (non-hydrogen) atoms. The van der Waals surface area contributed by atoms with Crippen molar-refractivity contribution in [1.82, 2.24) is 5.32 Å².